The first-order valence-electron chi connectivity index (χ1n) is 5.62. The maximum Gasteiger partial charge on any atom is 0.278 e. The fraction of sp³-hybridized carbons (Fsp3) is 0.500. The molecule has 0 bridgehead atoms. The van der Waals surface area contributed by atoms with Crippen molar-refractivity contribution in [3.05, 3.63) is 23.0 Å². The van der Waals surface area contributed by atoms with E-state index < -0.39 is 36.8 Å². The van der Waals surface area contributed by atoms with E-state index in [1.165, 1.54) is 17.2 Å². The highest BCUT2D eigenvalue weighted by molar-refractivity contribution is 5.68. The van der Waals surface area contributed by atoms with E-state index in [0.717, 1.165) is 0 Å². The van der Waals surface area contributed by atoms with Gasteiger partial charge in [0, 0.05) is 0 Å². The Morgan fingerprint density at radius 1 is 1.53 bits per heavy atom. The third-order valence-corrected chi connectivity index (χ3v) is 3.11. The van der Waals surface area contributed by atoms with Crippen molar-refractivity contribution in [2.75, 3.05) is 6.61 Å². The second-order valence-electron chi connectivity index (χ2n) is 4.24. The zero-order chi connectivity index (χ0) is 13.6. The summed E-state index contributed by atoms with van der Waals surface area (Å²) in [6.07, 6.45) is -2.97. The first-order valence-corrected chi connectivity index (χ1v) is 5.62. The van der Waals surface area contributed by atoms with Gasteiger partial charge in [0.1, 0.15) is 12.2 Å². The number of aliphatic hydroxyl groups is 2. The molecule has 0 radical (unpaired) electrons. The SMILES string of the molecule is O=c1[nH]cnc2c1ncn2[C@@H]1O[C@H](CO)C(O)C1F. The molecule has 0 saturated carbocycles. The Hall–Kier alpha value is -1.84. The lowest BCUT2D eigenvalue weighted by Gasteiger charge is -2.14. The molecule has 1 aliphatic heterocycles. The summed E-state index contributed by atoms with van der Waals surface area (Å²) in [5.74, 6) is 0. The lowest BCUT2D eigenvalue weighted by atomic mass is 10.1. The zero-order valence-corrected chi connectivity index (χ0v) is 9.60. The number of nitrogens with zero attached hydrogens (tertiary/aromatic N) is 3. The zero-order valence-electron chi connectivity index (χ0n) is 9.60. The molecule has 9 heteroatoms. The number of rotatable bonds is 2. The molecule has 1 saturated heterocycles. The van der Waals surface area contributed by atoms with Gasteiger partial charge in [0.15, 0.2) is 23.6 Å². The molecule has 102 valence electrons. The van der Waals surface area contributed by atoms with Crippen molar-refractivity contribution in [2.24, 2.45) is 0 Å². The predicted octanol–water partition coefficient (Wildman–Crippen LogP) is -1.29. The van der Waals surface area contributed by atoms with Gasteiger partial charge in [0.25, 0.3) is 5.56 Å². The number of H-pyrrole nitrogens is 1. The van der Waals surface area contributed by atoms with E-state index in [1.807, 2.05) is 0 Å². The van der Waals surface area contributed by atoms with Crippen molar-refractivity contribution in [1.29, 1.82) is 0 Å². The standard InChI is InChI=1S/C10H11FN4O4/c11-5-7(17)4(1-16)19-10(5)15-3-14-6-8(15)12-2-13-9(6)18/h2-5,7,10,16-17H,1H2,(H,12,13,18)/t4-,5?,7?,10-/m1/s1. The van der Waals surface area contributed by atoms with E-state index in [9.17, 15) is 14.3 Å². The van der Waals surface area contributed by atoms with E-state index in [-0.39, 0.29) is 11.2 Å². The summed E-state index contributed by atoms with van der Waals surface area (Å²) in [5, 5.41) is 18.6. The highest BCUT2D eigenvalue weighted by Crippen LogP contribution is 2.32. The highest BCUT2D eigenvalue weighted by Gasteiger charge is 2.45. The molecule has 0 amide bonds. The molecule has 2 aromatic heterocycles. The van der Waals surface area contributed by atoms with Crippen LogP contribution in [0.15, 0.2) is 17.4 Å². The Kier molecular flexibility index (Phi) is 2.81. The summed E-state index contributed by atoms with van der Waals surface area (Å²) in [6.45, 7) is -0.501. The molecule has 0 aliphatic carbocycles. The molecular formula is C10H11FN4O4. The normalized spacial score (nSPS) is 31.1. The van der Waals surface area contributed by atoms with Crippen LogP contribution in [0.2, 0.25) is 0 Å². The highest BCUT2D eigenvalue weighted by atomic mass is 19.1. The van der Waals surface area contributed by atoms with Gasteiger partial charge in [-0.1, -0.05) is 0 Å². The Morgan fingerprint density at radius 3 is 3.00 bits per heavy atom. The second-order valence-corrected chi connectivity index (χ2v) is 4.24. The number of halogens is 1. The number of aromatic amines is 1. The van der Waals surface area contributed by atoms with Crippen molar-refractivity contribution < 1.29 is 19.3 Å². The number of nitrogens with one attached hydrogen (secondary N) is 1. The third-order valence-electron chi connectivity index (χ3n) is 3.11. The molecule has 3 N–H and O–H groups in total. The van der Waals surface area contributed by atoms with Gasteiger partial charge < -0.3 is 19.9 Å². The molecule has 2 unspecified atom stereocenters. The number of imidazole rings is 1. The van der Waals surface area contributed by atoms with Crippen LogP contribution >= 0.6 is 0 Å². The fourth-order valence-corrected chi connectivity index (χ4v) is 2.13. The van der Waals surface area contributed by atoms with Gasteiger partial charge in [-0.3, -0.25) is 9.36 Å². The average Bonchev–Trinajstić information content (AvgIpc) is 2.94. The Labute approximate surface area is 105 Å². The van der Waals surface area contributed by atoms with Crippen LogP contribution in [0.4, 0.5) is 4.39 Å². The number of fused-ring (bicyclic) bond motifs is 1. The minimum atomic E-state index is -1.74. The van der Waals surface area contributed by atoms with Crippen LogP contribution in [0, 0.1) is 0 Å². The minimum absolute atomic E-state index is 0.0558. The Morgan fingerprint density at radius 2 is 2.32 bits per heavy atom. The number of alkyl halides is 1. The lowest BCUT2D eigenvalue weighted by Crippen LogP contribution is -2.30. The summed E-state index contributed by atoms with van der Waals surface area (Å²) in [5.41, 5.74) is -0.237. The van der Waals surface area contributed by atoms with E-state index in [0.29, 0.717) is 0 Å². The van der Waals surface area contributed by atoms with E-state index in [1.54, 1.807) is 0 Å². The summed E-state index contributed by atoms with van der Waals surface area (Å²) in [7, 11) is 0. The molecule has 1 fully saturated rings. The molecular weight excluding hydrogens is 259 g/mol. The van der Waals surface area contributed by atoms with Crippen LogP contribution in [0.3, 0.4) is 0 Å². The summed E-state index contributed by atoms with van der Waals surface area (Å²) in [6, 6.07) is 0. The van der Waals surface area contributed by atoms with E-state index in [2.05, 4.69) is 15.0 Å². The molecule has 4 atom stereocenters. The Balaban J connectivity index is 2.06. The van der Waals surface area contributed by atoms with Crippen molar-refractivity contribution in [3.8, 4) is 0 Å². The van der Waals surface area contributed by atoms with Crippen molar-refractivity contribution in [2.45, 2.75) is 24.6 Å². The van der Waals surface area contributed by atoms with Gasteiger partial charge >= 0.3 is 0 Å². The molecule has 8 nitrogen and oxygen atoms in total. The smallest absolute Gasteiger partial charge is 0.278 e. The number of hydrogen-bond acceptors (Lipinski definition) is 6. The molecule has 2 aromatic rings. The van der Waals surface area contributed by atoms with E-state index in [4.69, 9.17) is 9.84 Å². The lowest BCUT2D eigenvalue weighted by molar-refractivity contribution is -0.0459. The van der Waals surface area contributed by atoms with Crippen LogP contribution in [-0.2, 0) is 4.74 Å². The summed E-state index contributed by atoms with van der Waals surface area (Å²) in [4.78, 5) is 21.6. The minimum Gasteiger partial charge on any atom is -0.394 e. The first-order chi connectivity index (χ1) is 9.13. The van der Waals surface area contributed by atoms with Crippen molar-refractivity contribution >= 4 is 11.2 Å². The molecule has 0 aromatic carbocycles. The van der Waals surface area contributed by atoms with Gasteiger partial charge in [-0.2, -0.15) is 0 Å². The van der Waals surface area contributed by atoms with Crippen LogP contribution in [-0.4, -0.2) is 54.7 Å². The molecule has 1 aliphatic rings. The van der Waals surface area contributed by atoms with Gasteiger partial charge in [-0.25, -0.2) is 14.4 Å². The average molecular weight is 270 g/mol. The molecule has 3 heterocycles. The van der Waals surface area contributed by atoms with Crippen LogP contribution in [0.1, 0.15) is 6.23 Å². The van der Waals surface area contributed by atoms with Gasteiger partial charge in [-0.15, -0.1) is 0 Å². The largest absolute Gasteiger partial charge is 0.394 e. The topological polar surface area (TPSA) is 113 Å². The number of aromatic nitrogens is 4. The first kappa shape index (κ1) is 12.2. The summed E-state index contributed by atoms with van der Waals surface area (Å²) < 4.78 is 20.4. The molecule has 0 spiro atoms. The number of ether oxygens (including phenoxy) is 1. The fourth-order valence-electron chi connectivity index (χ4n) is 2.13. The van der Waals surface area contributed by atoms with Crippen molar-refractivity contribution in [1.82, 2.24) is 19.5 Å². The third kappa shape index (κ3) is 1.74. The quantitative estimate of drug-likeness (QED) is 0.625. The van der Waals surface area contributed by atoms with Gasteiger partial charge in [0.05, 0.1) is 19.3 Å². The maximum absolute atomic E-state index is 14.0. The van der Waals surface area contributed by atoms with Gasteiger partial charge in [0.2, 0.25) is 0 Å². The van der Waals surface area contributed by atoms with Gasteiger partial charge in [-0.05, 0) is 0 Å². The van der Waals surface area contributed by atoms with Crippen LogP contribution in [0.5, 0.6) is 0 Å². The van der Waals surface area contributed by atoms with Crippen molar-refractivity contribution in [3.63, 3.8) is 0 Å². The monoisotopic (exact) mass is 270 g/mol. The van der Waals surface area contributed by atoms with Crippen LogP contribution in [0.25, 0.3) is 11.2 Å². The second kappa shape index (κ2) is 4.37. The maximum atomic E-state index is 14.0. The summed E-state index contributed by atoms with van der Waals surface area (Å²) >= 11 is 0. The number of hydrogen-bond donors (Lipinski definition) is 3. The van der Waals surface area contributed by atoms with Crippen LogP contribution < -0.4 is 5.56 Å². The molecule has 3 rings (SSSR count). The molecule has 19 heavy (non-hydrogen) atoms. The van der Waals surface area contributed by atoms with E-state index >= 15 is 0 Å². The Bertz CT molecular complexity index is 656. The number of aliphatic hydroxyl groups excluding tert-OH is 2. The predicted molar refractivity (Wildman–Crippen MR) is 60.0 cm³/mol.